The highest BCUT2D eigenvalue weighted by Crippen LogP contribution is 2.70. The molecule has 9 atom stereocenters. The second-order valence-electron chi connectivity index (χ2n) is 13.9. The number of nitrogens with two attached hydrogens (primary N) is 1. The van der Waals surface area contributed by atoms with Crippen LogP contribution >= 0.6 is 0 Å². The molecule has 44 heavy (non-hydrogen) atoms. The van der Waals surface area contributed by atoms with E-state index in [2.05, 4.69) is 6.92 Å². The molecule has 2 aromatic rings. The topological polar surface area (TPSA) is 139 Å². The lowest BCUT2D eigenvalue weighted by molar-refractivity contribution is -0.201. The van der Waals surface area contributed by atoms with Crippen LogP contribution in [0.25, 0.3) is 0 Å². The first-order chi connectivity index (χ1) is 21.0. The summed E-state index contributed by atoms with van der Waals surface area (Å²) in [6.07, 6.45) is 6.51. The number of anilines is 1. The fourth-order valence-corrected chi connectivity index (χ4v) is 9.76. The van der Waals surface area contributed by atoms with Gasteiger partial charge in [0, 0.05) is 33.6 Å². The highest BCUT2D eigenvalue weighted by molar-refractivity contribution is 6.01. The summed E-state index contributed by atoms with van der Waals surface area (Å²) in [5, 5.41) is 31.4. The Morgan fingerprint density at radius 3 is 2.55 bits per heavy atom. The van der Waals surface area contributed by atoms with Gasteiger partial charge < -0.3 is 30.5 Å². The number of ketones is 2. The third-order valence-corrected chi connectivity index (χ3v) is 11.8. The lowest BCUT2D eigenvalue weighted by Gasteiger charge is -2.59. The van der Waals surface area contributed by atoms with Crippen molar-refractivity contribution >= 4 is 17.3 Å². The molecule has 1 aliphatic heterocycles. The van der Waals surface area contributed by atoms with E-state index in [0.29, 0.717) is 30.5 Å². The van der Waals surface area contributed by atoms with Crippen molar-refractivity contribution in [1.29, 1.82) is 0 Å². The molecule has 4 aliphatic carbocycles. The van der Waals surface area contributed by atoms with Gasteiger partial charge in [0.25, 0.3) is 0 Å². The molecule has 8 heteroatoms. The Morgan fingerprint density at radius 2 is 1.84 bits per heavy atom. The van der Waals surface area contributed by atoms with E-state index >= 15 is 0 Å². The lowest BCUT2D eigenvalue weighted by atomic mass is 9.46. The van der Waals surface area contributed by atoms with Crippen LogP contribution in [0.1, 0.15) is 68.1 Å². The number of hydrogen-bond acceptors (Lipinski definition) is 8. The van der Waals surface area contributed by atoms with Crippen LogP contribution in [0.3, 0.4) is 0 Å². The van der Waals surface area contributed by atoms with Gasteiger partial charge in [-0.3, -0.25) is 9.59 Å². The van der Waals surface area contributed by atoms with E-state index in [9.17, 15) is 24.9 Å². The van der Waals surface area contributed by atoms with Crippen LogP contribution in [-0.2, 0) is 32.1 Å². The minimum atomic E-state index is -1.37. The number of aliphatic hydroxyl groups excluding tert-OH is 3. The standard InChI is InChI=1S/C36H41NO7/c1-34-12-11-25(40)15-24(34)9-10-26-27-16-31-36(30(42)19-39,35(27,2)17-29(41)32(26)34)44-33(43-31)22-6-3-20(4-7-22)13-21-5-8-23(18-38)28(37)14-21/h3-8,11-12,14-15,26-27,29,31-33,38-39,41H,9-10,13,16-19,37H2,1-2H3/t26-,27-,29-,31+,32+,33+,34-,35-,36+/m0/s1. The molecule has 0 bridgehead atoms. The molecule has 1 saturated heterocycles. The molecular weight excluding hydrogens is 558 g/mol. The van der Waals surface area contributed by atoms with Crippen LogP contribution in [0.15, 0.2) is 66.3 Å². The Bertz CT molecular complexity index is 1560. The van der Waals surface area contributed by atoms with Gasteiger partial charge in [-0.1, -0.05) is 61.9 Å². The van der Waals surface area contributed by atoms with Gasteiger partial charge in [0.05, 0.1) is 18.8 Å². The number of rotatable bonds is 6. The molecule has 5 N–H and O–H groups in total. The second kappa shape index (κ2) is 10.5. The molecule has 0 spiro atoms. The van der Waals surface area contributed by atoms with Crippen LogP contribution in [0.5, 0.6) is 0 Å². The summed E-state index contributed by atoms with van der Waals surface area (Å²) < 4.78 is 13.3. The predicted molar refractivity (Wildman–Crippen MR) is 163 cm³/mol. The van der Waals surface area contributed by atoms with Crippen LogP contribution in [0, 0.1) is 28.6 Å². The molecule has 1 heterocycles. The van der Waals surface area contributed by atoms with Crippen molar-refractivity contribution in [1.82, 2.24) is 0 Å². The summed E-state index contributed by atoms with van der Waals surface area (Å²) in [5.74, 6) is -0.316. The number of nitrogen functional groups attached to an aromatic ring is 1. The smallest absolute Gasteiger partial charge is 0.193 e. The van der Waals surface area contributed by atoms with Gasteiger partial charge >= 0.3 is 0 Å². The minimum absolute atomic E-state index is 0.00349. The van der Waals surface area contributed by atoms with E-state index in [1.54, 1.807) is 12.2 Å². The normalized spacial score (nSPS) is 38.8. The maximum absolute atomic E-state index is 13.8. The number of hydrogen-bond donors (Lipinski definition) is 4. The van der Waals surface area contributed by atoms with Crippen molar-refractivity contribution < 1.29 is 34.4 Å². The van der Waals surface area contributed by atoms with Gasteiger partial charge in [0.1, 0.15) is 6.61 Å². The Balaban J connectivity index is 1.15. The van der Waals surface area contributed by atoms with Gasteiger partial charge in [0.15, 0.2) is 23.5 Å². The van der Waals surface area contributed by atoms with Gasteiger partial charge in [-0.2, -0.15) is 0 Å². The van der Waals surface area contributed by atoms with Crippen LogP contribution in [0.2, 0.25) is 0 Å². The van der Waals surface area contributed by atoms with Gasteiger partial charge in [-0.15, -0.1) is 0 Å². The van der Waals surface area contributed by atoms with E-state index in [1.165, 1.54) is 0 Å². The monoisotopic (exact) mass is 599 g/mol. The number of aliphatic hydroxyl groups is 3. The predicted octanol–water partition coefficient (Wildman–Crippen LogP) is 3.95. The fraction of sp³-hybridized carbons (Fsp3) is 0.500. The lowest BCUT2D eigenvalue weighted by Crippen LogP contribution is -2.63. The van der Waals surface area contributed by atoms with E-state index < -0.39 is 47.3 Å². The molecule has 0 aromatic heterocycles. The molecule has 5 aliphatic rings. The van der Waals surface area contributed by atoms with Crippen LogP contribution < -0.4 is 5.73 Å². The molecule has 7 rings (SSSR count). The average Bonchev–Trinajstić information content (AvgIpc) is 3.50. The summed E-state index contributed by atoms with van der Waals surface area (Å²) in [4.78, 5) is 25.9. The Hall–Kier alpha value is -3.14. The summed E-state index contributed by atoms with van der Waals surface area (Å²) in [7, 11) is 0. The molecule has 232 valence electrons. The number of Topliss-reactive ketones (excluding diaryl/α,β-unsaturated/α-hetero) is 1. The molecule has 2 aromatic carbocycles. The first-order valence-electron chi connectivity index (χ1n) is 15.7. The Labute approximate surface area is 257 Å². The Morgan fingerprint density at radius 1 is 1.09 bits per heavy atom. The van der Waals surface area contributed by atoms with Crippen molar-refractivity contribution in [2.75, 3.05) is 12.3 Å². The first kappa shape index (κ1) is 29.6. The van der Waals surface area contributed by atoms with Gasteiger partial charge in [-0.05, 0) is 73.3 Å². The zero-order valence-electron chi connectivity index (χ0n) is 25.2. The van der Waals surface area contributed by atoms with Crippen molar-refractivity contribution in [3.05, 3.63) is 88.5 Å². The van der Waals surface area contributed by atoms with Crippen molar-refractivity contribution in [3.63, 3.8) is 0 Å². The number of carbonyl (C=O) groups excluding carboxylic acids is 2. The molecular formula is C36H41NO7. The number of carbonyl (C=O) groups is 2. The minimum Gasteiger partial charge on any atom is -0.398 e. The van der Waals surface area contributed by atoms with Gasteiger partial charge in [-0.25, -0.2) is 0 Å². The van der Waals surface area contributed by atoms with Gasteiger partial charge in [0.2, 0.25) is 0 Å². The van der Waals surface area contributed by atoms with E-state index in [-0.39, 0.29) is 30.1 Å². The van der Waals surface area contributed by atoms with Crippen LogP contribution in [-0.4, -0.2) is 51.3 Å². The van der Waals surface area contributed by atoms with Crippen molar-refractivity contribution in [2.24, 2.45) is 28.6 Å². The van der Waals surface area contributed by atoms with E-state index in [4.69, 9.17) is 15.2 Å². The molecule has 0 amide bonds. The maximum Gasteiger partial charge on any atom is 0.193 e. The number of allylic oxidation sites excluding steroid dienone is 4. The highest BCUT2D eigenvalue weighted by Gasteiger charge is 2.75. The van der Waals surface area contributed by atoms with E-state index in [1.807, 2.05) is 55.5 Å². The van der Waals surface area contributed by atoms with Crippen molar-refractivity contribution in [2.45, 2.75) is 76.7 Å². The zero-order valence-corrected chi connectivity index (χ0v) is 25.2. The molecule has 0 unspecified atom stereocenters. The summed E-state index contributed by atoms with van der Waals surface area (Å²) in [5.41, 5.74) is 8.76. The third kappa shape index (κ3) is 4.15. The highest BCUT2D eigenvalue weighted by atomic mass is 16.7. The Kier molecular flexibility index (Phi) is 7.03. The van der Waals surface area contributed by atoms with Crippen LogP contribution in [0.4, 0.5) is 5.69 Å². The quantitative estimate of drug-likeness (QED) is 0.366. The molecule has 3 saturated carbocycles. The molecule has 0 radical (unpaired) electrons. The average molecular weight is 600 g/mol. The summed E-state index contributed by atoms with van der Waals surface area (Å²) >= 11 is 0. The van der Waals surface area contributed by atoms with E-state index in [0.717, 1.165) is 35.1 Å². The largest absolute Gasteiger partial charge is 0.398 e. The number of fused-ring (bicyclic) bond motifs is 7. The molecule has 4 fully saturated rings. The molecule has 8 nitrogen and oxygen atoms in total. The number of benzene rings is 2. The third-order valence-electron chi connectivity index (χ3n) is 11.8. The summed E-state index contributed by atoms with van der Waals surface area (Å²) in [6, 6.07) is 13.6. The zero-order chi connectivity index (χ0) is 31.0. The fourth-order valence-electron chi connectivity index (χ4n) is 9.76. The maximum atomic E-state index is 13.8. The van der Waals surface area contributed by atoms with Crippen molar-refractivity contribution in [3.8, 4) is 0 Å². The first-order valence-corrected chi connectivity index (χ1v) is 15.7. The summed E-state index contributed by atoms with van der Waals surface area (Å²) in [6.45, 7) is 3.41. The SMILES string of the molecule is C[C@]12C=CC(=O)C=C1CC[C@@H]1[C@@H]2[C@@H](O)C[C@@]2(C)[C@H]1C[C@H]1O[C@@H](c3ccc(Cc4ccc(CO)c(N)c4)cc3)O[C@]12C(=O)CO. The number of ether oxygens (including phenoxy) is 2. The second-order valence-corrected chi connectivity index (χ2v) is 13.9.